The summed E-state index contributed by atoms with van der Waals surface area (Å²) >= 11 is 0. The van der Waals surface area contributed by atoms with Crippen LogP contribution in [0, 0.1) is 0 Å². The van der Waals surface area contributed by atoms with Crippen LogP contribution in [0.1, 0.15) is 21.6 Å². The van der Waals surface area contributed by atoms with E-state index in [1.807, 2.05) is 0 Å². The van der Waals surface area contributed by atoms with Gasteiger partial charge in [0.25, 0.3) is 5.91 Å². The zero-order valence-electron chi connectivity index (χ0n) is 14.0. The van der Waals surface area contributed by atoms with E-state index in [4.69, 9.17) is 0 Å². The standard InChI is InChI=1S/C18H13F3N4O2/c1-25-10-14(17(27)24-23-9-12-4-2-3-7-22-12)16(26)13-8-11(18(19,20)21)5-6-15(13)25/h2-10H,1H3,(H,24,27)/b23-9+. The zero-order chi connectivity index (χ0) is 19.6. The quantitative estimate of drug-likeness (QED) is 0.566. The van der Waals surface area contributed by atoms with Crippen LogP contribution in [-0.4, -0.2) is 21.7 Å². The molecule has 2 heterocycles. The molecule has 27 heavy (non-hydrogen) atoms. The molecule has 138 valence electrons. The molecule has 6 nitrogen and oxygen atoms in total. The van der Waals surface area contributed by atoms with Gasteiger partial charge in [-0.3, -0.25) is 14.6 Å². The van der Waals surface area contributed by atoms with Gasteiger partial charge >= 0.3 is 6.18 Å². The Labute approximate surface area is 151 Å². The van der Waals surface area contributed by atoms with E-state index in [1.165, 1.54) is 30.1 Å². The van der Waals surface area contributed by atoms with Gasteiger partial charge in [-0.2, -0.15) is 18.3 Å². The lowest BCUT2D eigenvalue weighted by atomic mass is 10.1. The van der Waals surface area contributed by atoms with Crippen LogP contribution in [-0.2, 0) is 13.2 Å². The number of halogens is 3. The maximum atomic E-state index is 12.9. The fraction of sp³-hybridized carbons (Fsp3) is 0.111. The van der Waals surface area contributed by atoms with E-state index in [-0.39, 0.29) is 16.5 Å². The van der Waals surface area contributed by atoms with E-state index < -0.39 is 23.1 Å². The van der Waals surface area contributed by atoms with Gasteiger partial charge in [0.2, 0.25) is 5.43 Å². The SMILES string of the molecule is Cn1cc(C(=O)N/N=C/c2ccccn2)c(=O)c2cc(C(F)(F)F)ccc21. The first kappa shape index (κ1) is 18.3. The third-order valence-electron chi connectivity index (χ3n) is 3.81. The Balaban J connectivity index is 1.96. The molecule has 0 aliphatic carbocycles. The second kappa shape index (κ2) is 7.02. The van der Waals surface area contributed by atoms with E-state index in [9.17, 15) is 22.8 Å². The zero-order valence-corrected chi connectivity index (χ0v) is 14.0. The van der Waals surface area contributed by atoms with Crippen molar-refractivity contribution in [1.29, 1.82) is 0 Å². The maximum Gasteiger partial charge on any atom is 0.416 e. The number of carbonyl (C=O) groups is 1. The summed E-state index contributed by atoms with van der Waals surface area (Å²) in [7, 11) is 1.53. The first-order chi connectivity index (χ1) is 12.8. The highest BCUT2D eigenvalue weighted by atomic mass is 19.4. The van der Waals surface area contributed by atoms with Crippen molar-refractivity contribution in [2.24, 2.45) is 12.1 Å². The molecule has 0 aliphatic rings. The monoisotopic (exact) mass is 374 g/mol. The van der Waals surface area contributed by atoms with Crippen LogP contribution in [0.15, 0.2) is 58.7 Å². The minimum atomic E-state index is -4.59. The molecule has 1 N–H and O–H groups in total. The summed E-state index contributed by atoms with van der Waals surface area (Å²) in [5, 5.41) is 3.51. The maximum absolute atomic E-state index is 12.9. The van der Waals surface area contributed by atoms with E-state index in [0.29, 0.717) is 5.69 Å². The molecule has 0 fully saturated rings. The lowest BCUT2D eigenvalue weighted by molar-refractivity contribution is -0.137. The molecule has 0 radical (unpaired) electrons. The van der Waals surface area contributed by atoms with Gasteiger partial charge < -0.3 is 4.57 Å². The Morgan fingerprint density at radius 3 is 2.70 bits per heavy atom. The summed E-state index contributed by atoms with van der Waals surface area (Å²) in [5.41, 5.74) is 0.861. The number of aryl methyl sites for hydroxylation is 1. The highest BCUT2D eigenvalue weighted by Gasteiger charge is 2.31. The van der Waals surface area contributed by atoms with Gasteiger partial charge in [0, 0.05) is 24.8 Å². The predicted molar refractivity (Wildman–Crippen MR) is 93.5 cm³/mol. The molecule has 0 unspecified atom stereocenters. The topological polar surface area (TPSA) is 76.3 Å². The van der Waals surface area contributed by atoms with E-state index in [2.05, 4.69) is 15.5 Å². The number of alkyl halides is 3. The third-order valence-corrected chi connectivity index (χ3v) is 3.81. The lowest BCUT2D eigenvalue weighted by Crippen LogP contribution is -2.26. The van der Waals surface area contributed by atoms with Crippen molar-refractivity contribution in [3.63, 3.8) is 0 Å². The summed E-state index contributed by atoms with van der Waals surface area (Å²) in [6, 6.07) is 7.92. The second-order valence-corrected chi connectivity index (χ2v) is 5.67. The molecular weight excluding hydrogens is 361 g/mol. The molecule has 1 aromatic carbocycles. The molecule has 0 saturated carbocycles. The number of aromatic nitrogens is 2. The molecule has 0 bridgehead atoms. The van der Waals surface area contributed by atoms with Crippen LogP contribution in [0.5, 0.6) is 0 Å². The molecule has 9 heteroatoms. The molecule has 0 atom stereocenters. The van der Waals surface area contributed by atoms with Gasteiger partial charge in [-0.15, -0.1) is 0 Å². The third kappa shape index (κ3) is 3.86. The van der Waals surface area contributed by atoms with Crippen molar-refractivity contribution in [3.8, 4) is 0 Å². The van der Waals surface area contributed by atoms with Gasteiger partial charge in [-0.1, -0.05) is 6.07 Å². The number of fused-ring (bicyclic) bond motifs is 1. The predicted octanol–water partition coefficient (Wildman–Crippen LogP) is 2.72. The Morgan fingerprint density at radius 1 is 1.26 bits per heavy atom. The Kier molecular flexibility index (Phi) is 4.76. The first-order valence-corrected chi connectivity index (χ1v) is 7.72. The largest absolute Gasteiger partial charge is 0.416 e. The van der Waals surface area contributed by atoms with Crippen molar-refractivity contribution < 1.29 is 18.0 Å². The minimum absolute atomic E-state index is 0.200. The highest BCUT2D eigenvalue weighted by molar-refractivity contribution is 5.97. The van der Waals surface area contributed by atoms with Gasteiger partial charge in [-0.05, 0) is 30.3 Å². The van der Waals surface area contributed by atoms with Crippen molar-refractivity contribution >= 4 is 23.0 Å². The molecule has 3 aromatic rings. The lowest BCUT2D eigenvalue weighted by Gasteiger charge is -2.11. The molecule has 1 amide bonds. The number of hydrazone groups is 1. The van der Waals surface area contributed by atoms with Crippen molar-refractivity contribution in [2.45, 2.75) is 6.18 Å². The van der Waals surface area contributed by atoms with Crippen molar-refractivity contribution in [1.82, 2.24) is 15.0 Å². The summed E-state index contributed by atoms with van der Waals surface area (Å²) in [6.45, 7) is 0. The fourth-order valence-electron chi connectivity index (χ4n) is 2.50. The number of rotatable bonds is 3. The number of hydrogen-bond donors (Lipinski definition) is 1. The van der Waals surface area contributed by atoms with Gasteiger partial charge in [0.1, 0.15) is 5.56 Å². The number of nitrogens with zero attached hydrogens (tertiary/aromatic N) is 3. The van der Waals surface area contributed by atoms with Gasteiger partial charge in [0.15, 0.2) is 0 Å². The van der Waals surface area contributed by atoms with E-state index in [1.54, 1.807) is 24.4 Å². The molecular formula is C18H13F3N4O2. The second-order valence-electron chi connectivity index (χ2n) is 5.67. The Bertz CT molecular complexity index is 1090. The first-order valence-electron chi connectivity index (χ1n) is 7.72. The average Bonchev–Trinajstić information content (AvgIpc) is 2.64. The number of nitrogens with one attached hydrogen (secondary N) is 1. The van der Waals surface area contributed by atoms with E-state index in [0.717, 1.165) is 12.1 Å². The molecule has 0 aliphatic heterocycles. The summed E-state index contributed by atoms with van der Waals surface area (Å²) in [6.07, 6.45) is -0.514. The smallest absolute Gasteiger partial charge is 0.350 e. The number of carbonyl (C=O) groups excluding carboxylic acids is 1. The minimum Gasteiger partial charge on any atom is -0.350 e. The van der Waals surface area contributed by atoms with Crippen LogP contribution in [0.25, 0.3) is 10.9 Å². The summed E-state index contributed by atoms with van der Waals surface area (Å²) in [4.78, 5) is 28.8. The number of hydrogen-bond acceptors (Lipinski definition) is 4. The van der Waals surface area contributed by atoms with Crippen molar-refractivity contribution in [3.05, 3.63) is 75.8 Å². The Morgan fingerprint density at radius 2 is 2.04 bits per heavy atom. The van der Waals surface area contributed by atoms with E-state index >= 15 is 0 Å². The highest BCUT2D eigenvalue weighted by Crippen LogP contribution is 2.30. The van der Waals surface area contributed by atoms with Gasteiger partial charge in [-0.25, -0.2) is 5.43 Å². The summed E-state index contributed by atoms with van der Waals surface area (Å²) in [5.74, 6) is -0.831. The molecule has 2 aromatic heterocycles. The van der Waals surface area contributed by atoms with Crippen LogP contribution in [0.3, 0.4) is 0 Å². The normalized spacial score (nSPS) is 11.9. The average molecular weight is 374 g/mol. The molecule has 3 rings (SSSR count). The van der Waals surface area contributed by atoms with Crippen LogP contribution in [0.4, 0.5) is 13.2 Å². The molecule has 0 spiro atoms. The number of amides is 1. The van der Waals surface area contributed by atoms with Crippen molar-refractivity contribution in [2.75, 3.05) is 0 Å². The van der Waals surface area contributed by atoms with Gasteiger partial charge in [0.05, 0.1) is 23.0 Å². The molecule has 0 saturated heterocycles. The summed E-state index contributed by atoms with van der Waals surface area (Å²) < 4.78 is 40.2. The van der Waals surface area contributed by atoms with Crippen LogP contribution >= 0.6 is 0 Å². The number of benzene rings is 1. The van der Waals surface area contributed by atoms with Crippen LogP contribution < -0.4 is 10.9 Å². The Hall–Kier alpha value is -3.49. The number of pyridine rings is 2. The van der Waals surface area contributed by atoms with Crippen LogP contribution in [0.2, 0.25) is 0 Å². The fourth-order valence-corrected chi connectivity index (χ4v) is 2.50.